The van der Waals surface area contributed by atoms with Gasteiger partial charge >= 0.3 is 0 Å². The summed E-state index contributed by atoms with van der Waals surface area (Å²) in [6.45, 7) is 26.0. The van der Waals surface area contributed by atoms with Crippen molar-refractivity contribution in [1.82, 2.24) is 4.90 Å². The van der Waals surface area contributed by atoms with E-state index in [0.29, 0.717) is 17.8 Å². The topological polar surface area (TPSA) is 32.7 Å². The molecule has 1 N–H and O–H groups in total. The molecule has 1 rings (SSSR count). The van der Waals surface area contributed by atoms with Gasteiger partial charge in [-0.25, -0.2) is 0 Å². The molecule has 1 aliphatic rings. The molecule has 0 aromatic rings. The van der Waals surface area contributed by atoms with E-state index in [9.17, 15) is 5.11 Å². The van der Waals surface area contributed by atoms with Crippen molar-refractivity contribution in [3.8, 4) is 0 Å². The van der Waals surface area contributed by atoms with Gasteiger partial charge in [-0.15, -0.1) is 0 Å². The molecule has 1 fully saturated rings. The Balaban J connectivity index is 2.41. The predicted molar refractivity (Wildman–Crippen MR) is 232 cm³/mol. The van der Waals surface area contributed by atoms with Gasteiger partial charge in [-0.2, -0.15) is 0 Å². The summed E-state index contributed by atoms with van der Waals surface area (Å²) in [6, 6.07) is 0. The third-order valence-electron chi connectivity index (χ3n) is 13.2. The van der Waals surface area contributed by atoms with Crippen LogP contribution in [0.1, 0.15) is 223 Å². The average Bonchev–Trinajstić information content (AvgIpc) is 3.83. The third kappa shape index (κ3) is 28.3. The molecular formula is C49H99NO2. The first kappa shape index (κ1) is 49.9. The fraction of sp³-hybridized carbons (Fsp3) is 1.00. The fourth-order valence-electron chi connectivity index (χ4n) is 8.64. The van der Waals surface area contributed by atoms with E-state index in [4.69, 9.17) is 4.74 Å². The molecule has 0 aliphatic heterocycles. The first-order valence-corrected chi connectivity index (χ1v) is 23.6. The number of hydrogen-bond donors (Lipinski definition) is 1. The summed E-state index contributed by atoms with van der Waals surface area (Å²) >= 11 is 0. The molecule has 312 valence electrons. The maximum Gasteiger partial charge on any atom is 0.165 e. The van der Waals surface area contributed by atoms with Gasteiger partial charge in [0.2, 0.25) is 0 Å². The van der Waals surface area contributed by atoms with Crippen LogP contribution in [0.3, 0.4) is 0 Å². The molecule has 8 unspecified atom stereocenters. The molecule has 0 aromatic carbocycles. The summed E-state index contributed by atoms with van der Waals surface area (Å²) in [6.07, 6.45) is 31.0. The molecule has 8 atom stereocenters. The summed E-state index contributed by atoms with van der Waals surface area (Å²) in [5, 5.41) is 11.9. The highest BCUT2D eigenvalue weighted by atomic mass is 16.6. The smallest absolute Gasteiger partial charge is 0.165 e. The Labute approximate surface area is 329 Å². The second-order valence-electron chi connectivity index (χ2n) is 20.7. The van der Waals surface area contributed by atoms with Gasteiger partial charge in [-0.3, -0.25) is 0 Å². The standard InChI is InChI=1S/C49H99NO2/c1-39(2)19-13-21-41(5)23-15-25-43(7)27-17-29-45(9)31-34-49(51,52-38-48-37-47(48)33-36-50(11)12)35-32-46(10)30-18-28-44(8)26-16-24-42(6)22-14-20-40(3)4/h39-48,51H,13-38H2,1-12H3. The number of rotatable bonds is 36. The Bertz CT molecular complexity index is 761. The zero-order valence-electron chi connectivity index (χ0n) is 38.0. The van der Waals surface area contributed by atoms with Crippen molar-refractivity contribution in [2.75, 3.05) is 27.2 Å². The maximum atomic E-state index is 11.9. The van der Waals surface area contributed by atoms with Crippen molar-refractivity contribution in [2.24, 2.45) is 59.2 Å². The Morgan fingerprint density at radius 2 is 0.788 bits per heavy atom. The van der Waals surface area contributed by atoms with E-state index >= 15 is 0 Å². The van der Waals surface area contributed by atoms with Crippen LogP contribution in [0.5, 0.6) is 0 Å². The summed E-state index contributed by atoms with van der Waals surface area (Å²) in [4.78, 5) is 2.30. The maximum absolute atomic E-state index is 11.9. The third-order valence-corrected chi connectivity index (χ3v) is 13.2. The monoisotopic (exact) mass is 734 g/mol. The van der Waals surface area contributed by atoms with Crippen LogP contribution in [-0.2, 0) is 4.74 Å². The molecule has 3 nitrogen and oxygen atoms in total. The zero-order valence-corrected chi connectivity index (χ0v) is 38.0. The van der Waals surface area contributed by atoms with E-state index in [0.717, 1.165) is 80.3 Å². The van der Waals surface area contributed by atoms with Crippen LogP contribution in [0.15, 0.2) is 0 Å². The van der Waals surface area contributed by atoms with Crippen molar-refractivity contribution in [2.45, 2.75) is 229 Å². The highest BCUT2D eigenvalue weighted by molar-refractivity contribution is 4.87. The van der Waals surface area contributed by atoms with Gasteiger partial charge < -0.3 is 14.7 Å². The lowest BCUT2D eigenvalue weighted by Gasteiger charge is -2.31. The Hall–Kier alpha value is -0.120. The molecule has 3 heteroatoms. The highest BCUT2D eigenvalue weighted by Crippen LogP contribution is 2.43. The van der Waals surface area contributed by atoms with Gasteiger partial charge in [0.1, 0.15) is 0 Å². The molecule has 0 radical (unpaired) electrons. The van der Waals surface area contributed by atoms with Crippen LogP contribution >= 0.6 is 0 Å². The lowest BCUT2D eigenvalue weighted by molar-refractivity contribution is -0.218. The fourth-order valence-corrected chi connectivity index (χ4v) is 8.64. The van der Waals surface area contributed by atoms with E-state index in [-0.39, 0.29) is 0 Å². The molecule has 1 aliphatic carbocycles. The van der Waals surface area contributed by atoms with Crippen LogP contribution in [0.25, 0.3) is 0 Å². The van der Waals surface area contributed by atoms with Crippen molar-refractivity contribution >= 4 is 0 Å². The summed E-state index contributed by atoms with van der Waals surface area (Å²) in [5.41, 5.74) is 0. The van der Waals surface area contributed by atoms with Crippen LogP contribution in [0.4, 0.5) is 0 Å². The molecular weight excluding hydrogens is 635 g/mol. The van der Waals surface area contributed by atoms with Gasteiger partial charge in [-0.05, 0) is 106 Å². The summed E-state index contributed by atoms with van der Waals surface area (Å²) < 4.78 is 6.52. The Kier molecular flexibility index (Phi) is 28.0. The Morgan fingerprint density at radius 1 is 0.481 bits per heavy atom. The predicted octanol–water partition coefficient (Wildman–Crippen LogP) is 15.0. The van der Waals surface area contributed by atoms with E-state index in [1.54, 1.807) is 0 Å². The SMILES string of the molecule is CC(C)CCCC(C)CCCC(C)CCCC(C)CCC(O)(CCC(C)CCCC(C)CCCC(C)CCCC(C)C)OCC1CC1CCN(C)C. The quantitative estimate of drug-likeness (QED) is 0.0651. The number of ether oxygens (including phenoxy) is 1. The first-order chi connectivity index (χ1) is 24.6. The number of aliphatic hydroxyl groups is 1. The lowest BCUT2D eigenvalue weighted by atomic mass is 9.88. The van der Waals surface area contributed by atoms with Gasteiger partial charge in [0.15, 0.2) is 5.79 Å². The normalized spacial score (nSPS) is 21.0. The largest absolute Gasteiger partial charge is 0.365 e. The first-order valence-electron chi connectivity index (χ1n) is 23.6. The van der Waals surface area contributed by atoms with E-state index in [2.05, 4.69) is 88.2 Å². The molecule has 0 saturated heterocycles. The zero-order chi connectivity index (χ0) is 38.9. The second-order valence-corrected chi connectivity index (χ2v) is 20.7. The lowest BCUT2D eigenvalue weighted by Crippen LogP contribution is -2.34. The Morgan fingerprint density at radius 3 is 1.10 bits per heavy atom. The van der Waals surface area contributed by atoms with Gasteiger partial charge in [0, 0.05) is 12.8 Å². The molecule has 0 bridgehead atoms. The molecule has 52 heavy (non-hydrogen) atoms. The van der Waals surface area contributed by atoms with Crippen LogP contribution in [0.2, 0.25) is 0 Å². The average molecular weight is 734 g/mol. The molecule has 0 aromatic heterocycles. The van der Waals surface area contributed by atoms with E-state index < -0.39 is 5.79 Å². The van der Waals surface area contributed by atoms with Crippen molar-refractivity contribution in [1.29, 1.82) is 0 Å². The van der Waals surface area contributed by atoms with Crippen molar-refractivity contribution < 1.29 is 9.84 Å². The number of hydrogen-bond acceptors (Lipinski definition) is 3. The minimum Gasteiger partial charge on any atom is -0.365 e. The summed E-state index contributed by atoms with van der Waals surface area (Å²) in [7, 11) is 4.34. The van der Waals surface area contributed by atoms with Crippen molar-refractivity contribution in [3.05, 3.63) is 0 Å². The van der Waals surface area contributed by atoms with Gasteiger partial charge in [0.25, 0.3) is 0 Å². The van der Waals surface area contributed by atoms with Crippen LogP contribution in [0, 0.1) is 59.2 Å². The van der Waals surface area contributed by atoms with Gasteiger partial charge in [0.05, 0.1) is 6.61 Å². The molecule has 0 amide bonds. The van der Waals surface area contributed by atoms with Crippen LogP contribution < -0.4 is 0 Å². The second kappa shape index (κ2) is 29.2. The van der Waals surface area contributed by atoms with E-state index in [1.807, 2.05) is 0 Å². The minimum absolute atomic E-state index is 0.648. The minimum atomic E-state index is -0.949. The molecule has 1 saturated carbocycles. The van der Waals surface area contributed by atoms with Crippen LogP contribution in [-0.4, -0.2) is 43.0 Å². The molecule has 0 spiro atoms. The number of nitrogens with zero attached hydrogens (tertiary/aromatic N) is 1. The van der Waals surface area contributed by atoms with Gasteiger partial charge in [-0.1, -0.05) is 185 Å². The highest BCUT2D eigenvalue weighted by Gasteiger charge is 2.39. The van der Waals surface area contributed by atoms with E-state index in [1.165, 1.54) is 128 Å². The van der Waals surface area contributed by atoms with Crippen molar-refractivity contribution in [3.63, 3.8) is 0 Å². The molecule has 0 heterocycles. The summed E-state index contributed by atoms with van der Waals surface area (Å²) in [5.74, 6) is 6.94.